The van der Waals surface area contributed by atoms with Crippen molar-refractivity contribution >= 4 is 38.4 Å². The number of nitrogens with one attached hydrogen (secondary N) is 1. The van der Waals surface area contributed by atoms with Crippen molar-refractivity contribution in [3.8, 4) is 0 Å². The Morgan fingerprint density at radius 1 is 1.44 bits per heavy atom. The molecule has 0 atom stereocenters. The van der Waals surface area contributed by atoms with E-state index in [0.717, 1.165) is 0 Å². The lowest BCUT2D eigenvalue weighted by Crippen LogP contribution is -2.29. The number of rotatable bonds is 4. The molecular formula is C8H11BrClFN2O2S. The maximum absolute atomic E-state index is 13.4. The van der Waals surface area contributed by atoms with Crippen LogP contribution in [0.5, 0.6) is 0 Å². The van der Waals surface area contributed by atoms with Gasteiger partial charge in [0.05, 0.1) is 4.47 Å². The van der Waals surface area contributed by atoms with Gasteiger partial charge in [0, 0.05) is 13.1 Å². The first-order valence-electron chi connectivity index (χ1n) is 4.13. The van der Waals surface area contributed by atoms with E-state index in [-0.39, 0.29) is 34.9 Å². The SMILES string of the molecule is Cl.NCCNS(=O)(=O)c1cccc(Br)c1F. The first-order chi connectivity index (χ1) is 6.99. The summed E-state index contributed by atoms with van der Waals surface area (Å²) in [7, 11) is -3.81. The number of hydrogen-bond donors (Lipinski definition) is 2. The molecule has 0 aliphatic carbocycles. The molecule has 0 aromatic heterocycles. The predicted molar refractivity (Wildman–Crippen MR) is 65.6 cm³/mol. The van der Waals surface area contributed by atoms with Crippen LogP contribution in [0, 0.1) is 5.82 Å². The Hall–Kier alpha value is -0.210. The lowest BCUT2D eigenvalue weighted by molar-refractivity contribution is 0.554. The van der Waals surface area contributed by atoms with E-state index < -0.39 is 15.8 Å². The highest BCUT2D eigenvalue weighted by molar-refractivity contribution is 9.10. The van der Waals surface area contributed by atoms with Gasteiger partial charge >= 0.3 is 0 Å². The van der Waals surface area contributed by atoms with Gasteiger partial charge in [-0.3, -0.25) is 0 Å². The van der Waals surface area contributed by atoms with Crippen molar-refractivity contribution in [3.63, 3.8) is 0 Å². The minimum Gasteiger partial charge on any atom is -0.329 e. The summed E-state index contributed by atoms with van der Waals surface area (Å²) in [6.45, 7) is 0.239. The summed E-state index contributed by atoms with van der Waals surface area (Å²) in [6.07, 6.45) is 0. The van der Waals surface area contributed by atoms with Crippen molar-refractivity contribution in [1.82, 2.24) is 4.72 Å². The smallest absolute Gasteiger partial charge is 0.243 e. The first-order valence-corrected chi connectivity index (χ1v) is 6.40. The van der Waals surface area contributed by atoms with Crippen molar-refractivity contribution in [3.05, 3.63) is 28.5 Å². The van der Waals surface area contributed by atoms with Crippen molar-refractivity contribution in [2.75, 3.05) is 13.1 Å². The van der Waals surface area contributed by atoms with Crippen LogP contribution in [0.2, 0.25) is 0 Å². The van der Waals surface area contributed by atoms with E-state index in [0.29, 0.717) is 0 Å². The molecule has 0 fully saturated rings. The van der Waals surface area contributed by atoms with Crippen molar-refractivity contribution in [1.29, 1.82) is 0 Å². The van der Waals surface area contributed by atoms with Crippen LogP contribution >= 0.6 is 28.3 Å². The quantitative estimate of drug-likeness (QED) is 0.871. The first kappa shape index (κ1) is 15.8. The molecule has 1 rings (SSSR count). The summed E-state index contributed by atoms with van der Waals surface area (Å²) in [5.74, 6) is -0.804. The van der Waals surface area contributed by atoms with Crippen LogP contribution in [0.4, 0.5) is 4.39 Å². The summed E-state index contributed by atoms with van der Waals surface area (Å²) >= 11 is 2.91. The molecule has 16 heavy (non-hydrogen) atoms. The van der Waals surface area contributed by atoms with Crippen molar-refractivity contribution in [2.45, 2.75) is 4.90 Å². The Balaban J connectivity index is 0.00000225. The lowest BCUT2D eigenvalue weighted by Gasteiger charge is -2.07. The number of benzene rings is 1. The van der Waals surface area contributed by atoms with Gasteiger partial charge in [-0.15, -0.1) is 12.4 Å². The van der Waals surface area contributed by atoms with Crippen LogP contribution in [0.1, 0.15) is 0 Å². The van der Waals surface area contributed by atoms with Crippen LogP contribution < -0.4 is 10.5 Å². The average molecular weight is 334 g/mol. The summed E-state index contributed by atoms with van der Waals surface area (Å²) in [6, 6.07) is 4.07. The van der Waals surface area contributed by atoms with E-state index >= 15 is 0 Å². The maximum atomic E-state index is 13.4. The van der Waals surface area contributed by atoms with Gasteiger partial charge in [-0.1, -0.05) is 6.07 Å². The van der Waals surface area contributed by atoms with Gasteiger partial charge < -0.3 is 5.73 Å². The standard InChI is InChI=1S/C8H10BrFN2O2S.ClH/c9-6-2-1-3-7(8(6)10)15(13,14)12-5-4-11;/h1-3,12H,4-5,11H2;1H. The molecule has 0 aliphatic heterocycles. The highest BCUT2D eigenvalue weighted by atomic mass is 79.9. The molecule has 0 heterocycles. The summed E-state index contributed by atoms with van der Waals surface area (Å²) in [5.41, 5.74) is 5.15. The van der Waals surface area contributed by atoms with Gasteiger partial charge in [0.2, 0.25) is 10.0 Å². The summed E-state index contributed by atoms with van der Waals surface area (Å²) < 4.78 is 38.8. The van der Waals surface area contributed by atoms with Gasteiger partial charge in [0.1, 0.15) is 4.90 Å². The molecule has 0 radical (unpaired) electrons. The molecule has 92 valence electrons. The third-order valence-corrected chi connectivity index (χ3v) is 3.73. The van der Waals surface area contributed by atoms with Gasteiger partial charge in [-0.2, -0.15) is 0 Å². The van der Waals surface area contributed by atoms with Gasteiger partial charge in [-0.25, -0.2) is 17.5 Å². The molecule has 8 heteroatoms. The topological polar surface area (TPSA) is 72.2 Å². The van der Waals surface area contributed by atoms with E-state index in [2.05, 4.69) is 20.7 Å². The maximum Gasteiger partial charge on any atom is 0.243 e. The Bertz CT molecular complexity index is 455. The Morgan fingerprint density at radius 3 is 2.62 bits per heavy atom. The highest BCUT2D eigenvalue weighted by Gasteiger charge is 2.19. The van der Waals surface area contributed by atoms with E-state index in [4.69, 9.17) is 5.73 Å². The van der Waals surface area contributed by atoms with E-state index in [9.17, 15) is 12.8 Å². The number of hydrogen-bond acceptors (Lipinski definition) is 3. The second-order valence-corrected chi connectivity index (χ2v) is 5.33. The van der Waals surface area contributed by atoms with Crippen LogP contribution in [0.15, 0.2) is 27.6 Å². The Morgan fingerprint density at radius 2 is 2.06 bits per heavy atom. The fourth-order valence-electron chi connectivity index (χ4n) is 0.963. The van der Waals surface area contributed by atoms with E-state index in [1.807, 2.05) is 0 Å². The van der Waals surface area contributed by atoms with Gasteiger partial charge in [0.25, 0.3) is 0 Å². The van der Waals surface area contributed by atoms with Gasteiger partial charge in [-0.05, 0) is 28.1 Å². The van der Waals surface area contributed by atoms with Crippen molar-refractivity contribution in [2.24, 2.45) is 5.73 Å². The molecule has 0 spiro atoms. The molecule has 0 amide bonds. The second-order valence-electron chi connectivity index (χ2n) is 2.74. The minimum absolute atomic E-state index is 0. The molecule has 1 aromatic rings. The Kier molecular flexibility index (Phi) is 6.42. The molecule has 0 saturated carbocycles. The largest absolute Gasteiger partial charge is 0.329 e. The molecule has 0 bridgehead atoms. The summed E-state index contributed by atoms with van der Waals surface area (Å²) in [4.78, 5) is -0.384. The number of nitrogens with two attached hydrogens (primary N) is 1. The average Bonchev–Trinajstić information content (AvgIpc) is 2.19. The monoisotopic (exact) mass is 332 g/mol. The zero-order valence-corrected chi connectivity index (χ0v) is 11.3. The fourth-order valence-corrected chi connectivity index (χ4v) is 2.61. The lowest BCUT2D eigenvalue weighted by atomic mass is 10.3. The zero-order valence-electron chi connectivity index (χ0n) is 8.11. The molecule has 0 aliphatic rings. The highest BCUT2D eigenvalue weighted by Crippen LogP contribution is 2.21. The van der Waals surface area contributed by atoms with Crippen molar-refractivity contribution < 1.29 is 12.8 Å². The predicted octanol–water partition coefficient (Wildman–Crippen LogP) is 1.25. The molecule has 0 unspecified atom stereocenters. The molecule has 1 aromatic carbocycles. The fraction of sp³-hybridized carbons (Fsp3) is 0.250. The number of sulfonamides is 1. The normalized spacial score (nSPS) is 10.9. The number of halogens is 3. The Labute approximate surface area is 108 Å². The van der Waals surface area contributed by atoms with Crippen LogP contribution in [-0.4, -0.2) is 21.5 Å². The molecule has 4 nitrogen and oxygen atoms in total. The van der Waals surface area contributed by atoms with Crippen LogP contribution in [0.3, 0.4) is 0 Å². The third-order valence-electron chi connectivity index (χ3n) is 1.64. The van der Waals surface area contributed by atoms with Crippen LogP contribution in [-0.2, 0) is 10.0 Å². The van der Waals surface area contributed by atoms with Crippen LogP contribution in [0.25, 0.3) is 0 Å². The minimum atomic E-state index is -3.81. The molecular weight excluding hydrogens is 323 g/mol. The third kappa shape index (κ3) is 3.67. The van der Waals surface area contributed by atoms with E-state index in [1.54, 1.807) is 0 Å². The molecule has 3 N–H and O–H groups in total. The molecule has 0 saturated heterocycles. The summed E-state index contributed by atoms with van der Waals surface area (Å²) in [5, 5.41) is 0. The van der Waals surface area contributed by atoms with E-state index in [1.165, 1.54) is 18.2 Å². The zero-order chi connectivity index (χ0) is 11.5. The second kappa shape index (κ2) is 6.51. The van der Waals surface area contributed by atoms with Gasteiger partial charge in [0.15, 0.2) is 5.82 Å².